The summed E-state index contributed by atoms with van der Waals surface area (Å²) in [5.74, 6) is 0.235. The number of carbonyl (C=O) groups is 1. The first kappa shape index (κ1) is 22.2. The molecule has 0 bridgehead atoms. The molecule has 1 unspecified atom stereocenters. The third kappa shape index (κ3) is 5.44. The topological polar surface area (TPSA) is 72.0 Å². The maximum Gasteiger partial charge on any atom is 0.257 e. The zero-order chi connectivity index (χ0) is 21.8. The highest BCUT2D eigenvalue weighted by Crippen LogP contribution is 2.37. The fourth-order valence-electron chi connectivity index (χ4n) is 3.69. The normalized spacial score (nSPS) is 19.1. The molecule has 2 aromatic carbocycles. The van der Waals surface area contributed by atoms with E-state index in [9.17, 15) is 4.79 Å². The minimum atomic E-state index is -1.14. The highest BCUT2D eigenvalue weighted by Gasteiger charge is 2.28. The Morgan fingerprint density at radius 3 is 2.74 bits per heavy atom. The Morgan fingerprint density at radius 1 is 1.19 bits per heavy atom. The Bertz CT molecular complexity index is 977. The van der Waals surface area contributed by atoms with E-state index in [0.717, 1.165) is 48.5 Å². The molecule has 0 saturated carbocycles. The number of nitrogens with one attached hydrogen (secondary N) is 2. The summed E-state index contributed by atoms with van der Waals surface area (Å²) in [5.41, 5.74) is 2.95. The second-order valence-electron chi connectivity index (χ2n) is 7.43. The van der Waals surface area contributed by atoms with Crippen LogP contribution in [0, 0.1) is 0 Å². The number of rotatable bonds is 6. The van der Waals surface area contributed by atoms with E-state index in [-0.39, 0.29) is 12.2 Å². The van der Waals surface area contributed by atoms with Crippen molar-refractivity contribution in [1.29, 1.82) is 0 Å². The molecule has 9 heteroatoms. The average Bonchev–Trinajstić information content (AvgIpc) is 3.24. The van der Waals surface area contributed by atoms with Gasteiger partial charge < -0.3 is 20.2 Å². The number of anilines is 1. The second kappa shape index (κ2) is 10.1. The van der Waals surface area contributed by atoms with Gasteiger partial charge in [-0.05, 0) is 55.8 Å². The molecule has 1 saturated heterocycles. The van der Waals surface area contributed by atoms with E-state index in [1.165, 1.54) is 0 Å². The van der Waals surface area contributed by atoms with Crippen molar-refractivity contribution in [2.24, 2.45) is 5.16 Å². The number of nitrogens with zero attached hydrogens (tertiary/aromatic N) is 1. The summed E-state index contributed by atoms with van der Waals surface area (Å²) in [4.78, 5) is 16.3. The van der Waals surface area contributed by atoms with Crippen molar-refractivity contribution in [2.45, 2.75) is 36.3 Å². The van der Waals surface area contributed by atoms with Crippen molar-refractivity contribution in [3.63, 3.8) is 0 Å². The van der Waals surface area contributed by atoms with E-state index >= 15 is 0 Å². The maximum atomic E-state index is 11.8. The number of oxime groups is 1. The monoisotopic (exact) mass is 481 g/mol. The molecule has 0 spiro atoms. The summed E-state index contributed by atoms with van der Waals surface area (Å²) in [5, 5.41) is 10.9. The molecule has 2 aromatic rings. The molecule has 1 fully saturated rings. The first-order valence-electron chi connectivity index (χ1n) is 10.1. The number of benzene rings is 2. The molecule has 6 nitrogen and oxygen atoms in total. The quantitative estimate of drug-likeness (QED) is 0.563. The van der Waals surface area contributed by atoms with Gasteiger partial charge in [-0.25, -0.2) is 0 Å². The van der Waals surface area contributed by atoms with Gasteiger partial charge in [-0.1, -0.05) is 58.2 Å². The molecular weight excluding hydrogens is 461 g/mol. The molecule has 4 rings (SSSR count). The second-order valence-corrected chi connectivity index (χ2v) is 8.94. The van der Waals surface area contributed by atoms with Crippen molar-refractivity contribution < 1.29 is 14.4 Å². The van der Waals surface area contributed by atoms with Gasteiger partial charge in [-0.2, -0.15) is 0 Å². The Hall–Kier alpha value is -1.99. The first-order chi connectivity index (χ1) is 15.0. The van der Waals surface area contributed by atoms with Crippen LogP contribution >= 0.6 is 34.8 Å². The van der Waals surface area contributed by atoms with E-state index in [1.54, 1.807) is 6.07 Å². The third-order valence-corrected chi connectivity index (χ3v) is 5.95. The molecule has 164 valence electrons. The lowest BCUT2D eigenvalue weighted by atomic mass is 9.99. The van der Waals surface area contributed by atoms with Crippen molar-refractivity contribution in [2.75, 3.05) is 18.4 Å². The Labute approximate surface area is 195 Å². The standard InChI is InChI=1S/C22H22Cl3N3O3/c23-16-5-2-6-18(30-15-7-9-26-10-8-15)20(16)17-12-19(31-28-17)13-3-1-4-14(11-13)27-22(29)21(24)25/h1-6,11,15,19,21,26H,7-10,12H2,(H,27,29). The van der Waals surface area contributed by atoms with Crippen molar-refractivity contribution in [1.82, 2.24) is 5.32 Å². The first-order valence-corrected chi connectivity index (χ1v) is 11.3. The number of alkyl halides is 2. The summed E-state index contributed by atoms with van der Waals surface area (Å²) in [6, 6.07) is 12.9. The van der Waals surface area contributed by atoms with Crippen LogP contribution in [0.2, 0.25) is 5.02 Å². The Balaban J connectivity index is 1.50. The SMILES string of the molecule is O=C(Nc1cccc(C2CC(c3c(Cl)cccc3OC3CCNCC3)=NO2)c1)C(Cl)Cl. The van der Waals surface area contributed by atoms with Gasteiger partial charge >= 0.3 is 0 Å². The van der Waals surface area contributed by atoms with Crippen LogP contribution < -0.4 is 15.4 Å². The average molecular weight is 483 g/mol. The molecule has 2 heterocycles. The smallest absolute Gasteiger partial charge is 0.257 e. The third-order valence-electron chi connectivity index (χ3n) is 5.24. The van der Waals surface area contributed by atoms with E-state index in [4.69, 9.17) is 44.4 Å². The zero-order valence-electron chi connectivity index (χ0n) is 16.6. The van der Waals surface area contributed by atoms with E-state index in [2.05, 4.69) is 15.8 Å². The number of amides is 1. The van der Waals surface area contributed by atoms with Crippen LogP contribution in [0.4, 0.5) is 5.69 Å². The van der Waals surface area contributed by atoms with Crippen LogP contribution in [0.25, 0.3) is 0 Å². The van der Waals surface area contributed by atoms with Gasteiger partial charge in [0.15, 0.2) is 10.9 Å². The largest absolute Gasteiger partial charge is 0.490 e. The molecule has 0 radical (unpaired) electrons. The van der Waals surface area contributed by atoms with Crippen LogP contribution in [0.15, 0.2) is 47.6 Å². The number of carbonyl (C=O) groups excluding carboxylic acids is 1. The Morgan fingerprint density at radius 2 is 1.97 bits per heavy atom. The lowest BCUT2D eigenvalue weighted by Crippen LogP contribution is -2.34. The highest BCUT2D eigenvalue weighted by molar-refractivity contribution is 6.54. The number of ether oxygens (including phenoxy) is 1. The molecule has 2 N–H and O–H groups in total. The van der Waals surface area contributed by atoms with Gasteiger partial charge in [-0.15, -0.1) is 0 Å². The molecule has 31 heavy (non-hydrogen) atoms. The number of hydrogen-bond acceptors (Lipinski definition) is 5. The summed E-state index contributed by atoms with van der Waals surface area (Å²) < 4.78 is 6.27. The number of hydrogen-bond donors (Lipinski definition) is 2. The minimum absolute atomic E-state index is 0.144. The Kier molecular flexibility index (Phi) is 7.23. The molecule has 1 amide bonds. The van der Waals surface area contributed by atoms with Gasteiger partial charge in [0.1, 0.15) is 11.9 Å². The van der Waals surface area contributed by atoms with Crippen LogP contribution in [0.5, 0.6) is 5.75 Å². The van der Waals surface area contributed by atoms with Crippen LogP contribution in [-0.4, -0.2) is 35.6 Å². The highest BCUT2D eigenvalue weighted by atomic mass is 35.5. The van der Waals surface area contributed by atoms with Gasteiger partial charge in [0.25, 0.3) is 5.91 Å². The summed E-state index contributed by atoms with van der Waals surface area (Å²) in [6.07, 6.45) is 2.25. The van der Waals surface area contributed by atoms with Crippen LogP contribution in [-0.2, 0) is 9.63 Å². The predicted molar refractivity (Wildman–Crippen MR) is 124 cm³/mol. The zero-order valence-corrected chi connectivity index (χ0v) is 18.9. The fraction of sp³-hybridized carbons (Fsp3) is 0.364. The van der Waals surface area contributed by atoms with Crippen LogP contribution in [0.3, 0.4) is 0 Å². The number of halogens is 3. The fourth-order valence-corrected chi connectivity index (χ4v) is 4.08. The summed E-state index contributed by atoms with van der Waals surface area (Å²) >= 11 is 17.8. The lowest BCUT2D eigenvalue weighted by molar-refractivity contribution is -0.114. The minimum Gasteiger partial charge on any atom is -0.490 e. The summed E-state index contributed by atoms with van der Waals surface area (Å²) in [6.45, 7) is 1.88. The van der Waals surface area contributed by atoms with Gasteiger partial charge in [0, 0.05) is 12.1 Å². The molecular formula is C22H22Cl3N3O3. The van der Waals surface area contributed by atoms with Gasteiger partial charge in [0.2, 0.25) is 0 Å². The van der Waals surface area contributed by atoms with Crippen molar-refractivity contribution in [3.05, 3.63) is 58.6 Å². The predicted octanol–water partition coefficient (Wildman–Crippen LogP) is 5.08. The van der Waals surface area contributed by atoms with Gasteiger partial charge in [0.05, 0.1) is 16.3 Å². The lowest BCUT2D eigenvalue weighted by Gasteiger charge is -2.25. The molecule has 2 aliphatic heterocycles. The van der Waals surface area contributed by atoms with E-state index in [1.807, 2.05) is 36.4 Å². The summed E-state index contributed by atoms with van der Waals surface area (Å²) in [7, 11) is 0. The molecule has 1 atom stereocenters. The number of piperidine rings is 1. The van der Waals surface area contributed by atoms with Gasteiger partial charge in [-0.3, -0.25) is 4.79 Å². The van der Waals surface area contributed by atoms with Crippen molar-refractivity contribution in [3.8, 4) is 5.75 Å². The van der Waals surface area contributed by atoms with Crippen molar-refractivity contribution >= 4 is 52.1 Å². The molecule has 2 aliphatic rings. The van der Waals surface area contributed by atoms with E-state index in [0.29, 0.717) is 17.1 Å². The molecule has 0 aromatic heterocycles. The van der Waals surface area contributed by atoms with Crippen LogP contribution in [0.1, 0.15) is 36.5 Å². The molecule has 0 aliphatic carbocycles. The van der Waals surface area contributed by atoms with E-state index < -0.39 is 10.7 Å². The maximum absolute atomic E-state index is 11.8.